The van der Waals surface area contributed by atoms with Crippen LogP contribution in [0.25, 0.3) is 0 Å². The molecule has 4 nitrogen and oxygen atoms in total. The van der Waals surface area contributed by atoms with E-state index in [4.69, 9.17) is 11.5 Å². The molecule has 2 aromatic rings. The van der Waals surface area contributed by atoms with Crippen molar-refractivity contribution in [2.24, 2.45) is 5.73 Å². The average molecular weight is 533 g/mol. The molecule has 0 aliphatic heterocycles. The minimum absolute atomic E-state index is 0. The molecule has 2 rings (SSSR count). The molecule has 0 bridgehead atoms. The third-order valence-corrected chi connectivity index (χ3v) is 3.49. The highest BCUT2D eigenvalue weighted by Gasteiger charge is 2.03. The normalized spacial score (nSPS) is 9.09. The number of nitrogen functional groups attached to an aromatic ring is 1. The van der Waals surface area contributed by atoms with Crippen molar-refractivity contribution in [1.29, 1.82) is 0 Å². The van der Waals surface area contributed by atoms with Crippen LogP contribution in [0.1, 0.15) is 7.43 Å². The first kappa shape index (κ1) is 20.8. The molecule has 0 heterocycles. The van der Waals surface area contributed by atoms with Crippen LogP contribution in [-0.4, -0.2) is 6.03 Å². The summed E-state index contributed by atoms with van der Waals surface area (Å²) >= 11 is 4.00. The van der Waals surface area contributed by atoms with E-state index < -0.39 is 11.8 Å². The average Bonchev–Trinajstić information content (AvgIpc) is 2.38. The van der Waals surface area contributed by atoms with Gasteiger partial charge in [-0.3, -0.25) is 0 Å². The van der Waals surface area contributed by atoms with Gasteiger partial charge in [0.15, 0.2) is 0 Å². The van der Waals surface area contributed by atoms with Crippen LogP contribution < -0.4 is 16.8 Å². The molecule has 0 spiro atoms. The zero-order valence-corrected chi connectivity index (χ0v) is 14.9. The number of primary amides is 1. The predicted molar refractivity (Wildman–Crippen MR) is 103 cm³/mol. The molecule has 0 saturated heterocycles. The molecule has 0 unspecified atom stereocenters. The molecule has 0 fully saturated rings. The number of benzene rings is 2. The van der Waals surface area contributed by atoms with Crippen molar-refractivity contribution in [3.05, 3.63) is 55.2 Å². The van der Waals surface area contributed by atoms with Crippen LogP contribution in [0.4, 0.5) is 25.0 Å². The second-order valence-electron chi connectivity index (χ2n) is 3.78. The molecular weight excluding hydrogens is 518 g/mol. The Kier molecular flexibility index (Phi) is 9.25. The lowest BCUT2D eigenvalue weighted by Crippen LogP contribution is -2.19. The first-order valence-electron chi connectivity index (χ1n) is 5.51. The Balaban J connectivity index is 0.000000397. The maximum atomic E-state index is 12.9. The van der Waals surface area contributed by atoms with E-state index in [-0.39, 0.29) is 24.6 Å². The SMILES string of the molecule is C.NC(=O)Nc1ccc(I)cc1F.Nc1ccc(I)cc1F. The fourth-order valence-electron chi connectivity index (χ4n) is 1.23. The molecule has 22 heavy (non-hydrogen) atoms. The molecule has 0 aliphatic rings. The summed E-state index contributed by atoms with van der Waals surface area (Å²) in [6.07, 6.45) is 0. The second-order valence-corrected chi connectivity index (χ2v) is 6.27. The van der Waals surface area contributed by atoms with E-state index in [1.807, 2.05) is 45.2 Å². The largest absolute Gasteiger partial charge is 0.396 e. The maximum Gasteiger partial charge on any atom is 0.316 e. The Labute approximate surface area is 154 Å². The van der Waals surface area contributed by atoms with Crippen LogP contribution in [0.5, 0.6) is 0 Å². The smallest absolute Gasteiger partial charge is 0.316 e. The number of hydrogen-bond donors (Lipinski definition) is 3. The number of carbonyl (C=O) groups is 1. The molecular formula is C14H15F2I2N3O. The van der Waals surface area contributed by atoms with Crippen molar-refractivity contribution in [1.82, 2.24) is 0 Å². The lowest BCUT2D eigenvalue weighted by atomic mass is 10.3. The minimum Gasteiger partial charge on any atom is -0.396 e. The fourth-order valence-corrected chi connectivity index (χ4v) is 2.13. The van der Waals surface area contributed by atoms with Crippen LogP contribution in [0.2, 0.25) is 0 Å². The molecule has 0 radical (unpaired) electrons. The summed E-state index contributed by atoms with van der Waals surface area (Å²) in [6.45, 7) is 0. The van der Waals surface area contributed by atoms with Gasteiger partial charge >= 0.3 is 6.03 Å². The highest BCUT2D eigenvalue weighted by molar-refractivity contribution is 14.1. The van der Waals surface area contributed by atoms with Gasteiger partial charge in [-0.25, -0.2) is 13.6 Å². The van der Waals surface area contributed by atoms with E-state index in [9.17, 15) is 13.6 Å². The van der Waals surface area contributed by atoms with E-state index in [0.29, 0.717) is 0 Å². The summed E-state index contributed by atoms with van der Waals surface area (Å²) in [5, 5.41) is 2.16. The lowest BCUT2D eigenvalue weighted by Gasteiger charge is -2.02. The van der Waals surface area contributed by atoms with Crippen molar-refractivity contribution in [3.63, 3.8) is 0 Å². The van der Waals surface area contributed by atoms with Crippen molar-refractivity contribution < 1.29 is 13.6 Å². The molecule has 5 N–H and O–H groups in total. The first-order valence-corrected chi connectivity index (χ1v) is 7.67. The summed E-state index contributed by atoms with van der Waals surface area (Å²) in [4.78, 5) is 10.3. The molecule has 2 amide bonds. The number of amides is 2. The Morgan fingerprint density at radius 1 is 1.00 bits per heavy atom. The van der Waals surface area contributed by atoms with Gasteiger partial charge in [0.25, 0.3) is 0 Å². The van der Waals surface area contributed by atoms with Gasteiger partial charge in [-0.2, -0.15) is 0 Å². The Hall–Kier alpha value is -1.17. The Morgan fingerprint density at radius 2 is 1.50 bits per heavy atom. The number of hydrogen-bond acceptors (Lipinski definition) is 2. The monoisotopic (exact) mass is 533 g/mol. The van der Waals surface area contributed by atoms with Crippen molar-refractivity contribution in [3.8, 4) is 0 Å². The number of halogens is 4. The van der Waals surface area contributed by atoms with Gasteiger partial charge in [-0.15, -0.1) is 0 Å². The maximum absolute atomic E-state index is 12.9. The topological polar surface area (TPSA) is 81.1 Å². The van der Waals surface area contributed by atoms with Crippen LogP contribution in [-0.2, 0) is 0 Å². The third-order valence-electron chi connectivity index (χ3n) is 2.15. The zero-order chi connectivity index (χ0) is 16.0. The number of rotatable bonds is 1. The van der Waals surface area contributed by atoms with E-state index in [0.717, 1.165) is 7.14 Å². The number of nitrogens with one attached hydrogen (secondary N) is 1. The van der Waals surface area contributed by atoms with Crippen molar-refractivity contribution in [2.45, 2.75) is 7.43 Å². The van der Waals surface area contributed by atoms with Crippen molar-refractivity contribution >= 4 is 62.6 Å². The lowest BCUT2D eigenvalue weighted by molar-refractivity contribution is 0.259. The molecule has 8 heteroatoms. The van der Waals surface area contributed by atoms with Gasteiger partial charge in [0.05, 0.1) is 11.4 Å². The van der Waals surface area contributed by atoms with E-state index >= 15 is 0 Å². The highest BCUT2D eigenvalue weighted by Crippen LogP contribution is 2.16. The van der Waals surface area contributed by atoms with Gasteiger partial charge in [0.1, 0.15) is 11.6 Å². The minimum atomic E-state index is -0.768. The van der Waals surface area contributed by atoms with E-state index in [1.165, 1.54) is 18.2 Å². The number of urea groups is 1. The molecule has 0 saturated carbocycles. The van der Waals surface area contributed by atoms with Crippen LogP contribution in [0.3, 0.4) is 0 Å². The standard InChI is InChI=1S/C7H6FIN2O.C6H5FIN.CH4/c8-5-3-4(9)1-2-6(5)11-7(10)12;7-5-3-4(8)1-2-6(5)9;/h1-3H,(H3,10,11,12);1-3H,9H2;1H4. The van der Waals surface area contributed by atoms with Gasteiger partial charge in [0, 0.05) is 7.14 Å². The predicted octanol–water partition coefficient (Wildman–Crippen LogP) is 4.57. The molecule has 0 aromatic heterocycles. The van der Waals surface area contributed by atoms with Gasteiger partial charge in [-0.1, -0.05) is 7.43 Å². The molecule has 0 aliphatic carbocycles. The van der Waals surface area contributed by atoms with Gasteiger partial charge < -0.3 is 16.8 Å². The van der Waals surface area contributed by atoms with Gasteiger partial charge in [0.2, 0.25) is 0 Å². The Bertz CT molecular complexity index is 654. The zero-order valence-electron chi connectivity index (χ0n) is 10.5. The molecule has 2 aromatic carbocycles. The quantitative estimate of drug-likeness (QED) is 0.371. The summed E-state index contributed by atoms with van der Waals surface area (Å²) in [5.41, 5.74) is 10.3. The third kappa shape index (κ3) is 7.20. The fraction of sp³-hybridized carbons (Fsp3) is 0.0714. The second kappa shape index (κ2) is 9.77. The summed E-state index contributed by atoms with van der Waals surface area (Å²) in [5.74, 6) is -0.831. The summed E-state index contributed by atoms with van der Waals surface area (Å²) < 4.78 is 27.0. The van der Waals surface area contributed by atoms with Crippen LogP contribution in [0, 0.1) is 18.8 Å². The van der Waals surface area contributed by atoms with Crippen molar-refractivity contribution in [2.75, 3.05) is 11.1 Å². The van der Waals surface area contributed by atoms with Crippen LogP contribution >= 0.6 is 45.2 Å². The molecule has 120 valence electrons. The van der Waals surface area contributed by atoms with E-state index in [2.05, 4.69) is 5.32 Å². The van der Waals surface area contributed by atoms with E-state index in [1.54, 1.807) is 18.2 Å². The Morgan fingerprint density at radius 3 is 1.91 bits per heavy atom. The number of nitrogens with two attached hydrogens (primary N) is 2. The number of carbonyl (C=O) groups excluding carboxylic acids is 1. The van der Waals surface area contributed by atoms with Gasteiger partial charge in [-0.05, 0) is 81.6 Å². The first-order chi connectivity index (χ1) is 9.79. The highest BCUT2D eigenvalue weighted by atomic mass is 127. The molecule has 0 atom stereocenters. The number of anilines is 2. The van der Waals surface area contributed by atoms with Crippen LogP contribution in [0.15, 0.2) is 36.4 Å². The summed E-state index contributed by atoms with van der Waals surface area (Å²) in [6, 6.07) is 8.39. The summed E-state index contributed by atoms with van der Waals surface area (Å²) in [7, 11) is 0.